The predicted molar refractivity (Wildman–Crippen MR) is 111 cm³/mol. The molecule has 3 aromatic rings. The first-order valence-corrected chi connectivity index (χ1v) is 9.55. The highest BCUT2D eigenvalue weighted by Crippen LogP contribution is 2.30. The van der Waals surface area contributed by atoms with E-state index in [-0.39, 0.29) is 11.9 Å². The number of pyridine rings is 2. The molecule has 0 spiro atoms. The molecule has 0 fully saturated rings. The molecule has 3 rings (SSSR count). The van der Waals surface area contributed by atoms with E-state index in [9.17, 15) is 4.79 Å². The second kappa shape index (κ2) is 9.68. The molecule has 2 aromatic heterocycles. The number of hydrogen-bond donors (Lipinski definition) is 0. The zero-order chi connectivity index (χ0) is 20.6. The lowest BCUT2D eigenvalue weighted by Crippen LogP contribution is -2.29. The van der Waals surface area contributed by atoms with Crippen LogP contribution in [0.2, 0.25) is 0 Å². The Balaban J connectivity index is 1.76. The third-order valence-corrected chi connectivity index (χ3v) is 4.72. The Morgan fingerprint density at radius 3 is 2.28 bits per heavy atom. The summed E-state index contributed by atoms with van der Waals surface area (Å²) in [6.45, 7) is 4.77. The Kier molecular flexibility index (Phi) is 6.79. The van der Waals surface area contributed by atoms with Gasteiger partial charge in [-0.3, -0.25) is 14.8 Å². The van der Waals surface area contributed by atoms with Crippen LogP contribution in [0.1, 0.15) is 41.4 Å². The number of carbonyl (C=O) groups is 1. The molecular formula is C23H25N3O3. The van der Waals surface area contributed by atoms with Crippen LogP contribution in [0.4, 0.5) is 0 Å². The molecule has 1 amide bonds. The summed E-state index contributed by atoms with van der Waals surface area (Å²) in [5.74, 6) is 1.07. The Morgan fingerprint density at radius 1 is 0.966 bits per heavy atom. The molecule has 6 nitrogen and oxygen atoms in total. The van der Waals surface area contributed by atoms with Gasteiger partial charge in [-0.05, 0) is 67.4 Å². The lowest BCUT2D eigenvalue weighted by molar-refractivity contribution is 0.0742. The molecule has 0 saturated carbocycles. The molecule has 0 radical (unpaired) electrons. The molecule has 0 aliphatic heterocycles. The zero-order valence-corrected chi connectivity index (χ0v) is 16.9. The standard InChI is InChI=1S/C23H25N3O3/c1-4-28-22-15-20(5-6-21(22)29-16-18-7-11-24-12-8-18)23(27)26(3)17(2)19-9-13-25-14-10-19/h5-15,17H,4,16H2,1-3H3. The molecule has 0 N–H and O–H groups in total. The van der Waals surface area contributed by atoms with Crippen molar-refractivity contribution in [2.75, 3.05) is 13.7 Å². The first kappa shape index (κ1) is 20.3. The summed E-state index contributed by atoms with van der Waals surface area (Å²) in [4.78, 5) is 22.8. The van der Waals surface area contributed by atoms with Crippen molar-refractivity contribution >= 4 is 5.91 Å². The number of rotatable bonds is 8. The smallest absolute Gasteiger partial charge is 0.254 e. The minimum absolute atomic E-state index is 0.0799. The van der Waals surface area contributed by atoms with Crippen LogP contribution in [-0.2, 0) is 6.61 Å². The van der Waals surface area contributed by atoms with Crippen molar-refractivity contribution in [1.29, 1.82) is 0 Å². The average molecular weight is 391 g/mol. The second-order valence-corrected chi connectivity index (χ2v) is 6.61. The highest BCUT2D eigenvalue weighted by atomic mass is 16.5. The SMILES string of the molecule is CCOc1cc(C(=O)N(C)C(C)c2ccncc2)ccc1OCc1ccncc1. The van der Waals surface area contributed by atoms with E-state index < -0.39 is 0 Å². The molecule has 2 heterocycles. The van der Waals surface area contributed by atoms with Gasteiger partial charge < -0.3 is 14.4 Å². The Hall–Kier alpha value is -3.41. The van der Waals surface area contributed by atoms with E-state index in [2.05, 4.69) is 9.97 Å². The van der Waals surface area contributed by atoms with E-state index in [4.69, 9.17) is 9.47 Å². The van der Waals surface area contributed by atoms with Crippen molar-refractivity contribution in [1.82, 2.24) is 14.9 Å². The molecule has 1 unspecified atom stereocenters. The van der Waals surface area contributed by atoms with Crippen molar-refractivity contribution in [3.63, 3.8) is 0 Å². The zero-order valence-electron chi connectivity index (χ0n) is 16.9. The number of ether oxygens (including phenoxy) is 2. The van der Waals surface area contributed by atoms with Crippen LogP contribution in [0.25, 0.3) is 0 Å². The Bertz CT molecular complexity index is 933. The summed E-state index contributed by atoms with van der Waals surface area (Å²) in [5, 5.41) is 0. The van der Waals surface area contributed by atoms with Crippen molar-refractivity contribution < 1.29 is 14.3 Å². The summed E-state index contributed by atoms with van der Waals surface area (Å²) in [6.07, 6.45) is 6.91. The van der Waals surface area contributed by atoms with E-state index in [1.807, 2.05) is 38.1 Å². The highest BCUT2D eigenvalue weighted by molar-refractivity contribution is 5.95. The minimum Gasteiger partial charge on any atom is -0.490 e. The lowest BCUT2D eigenvalue weighted by Gasteiger charge is -2.25. The van der Waals surface area contributed by atoms with Gasteiger partial charge in [0.05, 0.1) is 12.6 Å². The van der Waals surface area contributed by atoms with E-state index in [0.29, 0.717) is 30.3 Å². The molecule has 0 saturated heterocycles. The summed E-state index contributed by atoms with van der Waals surface area (Å²) >= 11 is 0. The van der Waals surface area contributed by atoms with Gasteiger partial charge in [-0.1, -0.05) is 0 Å². The van der Waals surface area contributed by atoms with Crippen LogP contribution in [0, 0.1) is 0 Å². The van der Waals surface area contributed by atoms with Crippen molar-refractivity contribution in [2.24, 2.45) is 0 Å². The van der Waals surface area contributed by atoms with Crippen LogP contribution in [0.5, 0.6) is 11.5 Å². The molecule has 0 aliphatic rings. The highest BCUT2D eigenvalue weighted by Gasteiger charge is 2.20. The quantitative estimate of drug-likeness (QED) is 0.573. The van der Waals surface area contributed by atoms with Crippen LogP contribution in [0.15, 0.2) is 67.3 Å². The van der Waals surface area contributed by atoms with Crippen LogP contribution in [0.3, 0.4) is 0 Å². The maximum atomic E-state index is 13.0. The van der Waals surface area contributed by atoms with Crippen molar-refractivity contribution in [2.45, 2.75) is 26.5 Å². The maximum Gasteiger partial charge on any atom is 0.254 e. The lowest BCUT2D eigenvalue weighted by atomic mass is 10.1. The van der Waals surface area contributed by atoms with E-state index in [1.54, 1.807) is 54.9 Å². The maximum absolute atomic E-state index is 13.0. The van der Waals surface area contributed by atoms with E-state index >= 15 is 0 Å². The van der Waals surface area contributed by atoms with Crippen molar-refractivity contribution in [3.05, 3.63) is 83.9 Å². The fourth-order valence-corrected chi connectivity index (χ4v) is 2.91. The fourth-order valence-electron chi connectivity index (χ4n) is 2.91. The van der Waals surface area contributed by atoms with Crippen LogP contribution >= 0.6 is 0 Å². The molecule has 6 heteroatoms. The molecule has 29 heavy (non-hydrogen) atoms. The Labute approximate surface area is 171 Å². The largest absolute Gasteiger partial charge is 0.490 e. The Morgan fingerprint density at radius 2 is 1.62 bits per heavy atom. The van der Waals surface area contributed by atoms with Gasteiger partial charge in [-0.2, -0.15) is 0 Å². The van der Waals surface area contributed by atoms with Crippen molar-refractivity contribution in [3.8, 4) is 11.5 Å². The van der Waals surface area contributed by atoms with E-state index in [0.717, 1.165) is 11.1 Å². The number of amides is 1. The average Bonchev–Trinajstić information content (AvgIpc) is 2.78. The van der Waals surface area contributed by atoms with Gasteiger partial charge in [0.2, 0.25) is 0 Å². The summed E-state index contributed by atoms with van der Waals surface area (Å²) < 4.78 is 11.6. The topological polar surface area (TPSA) is 64.5 Å². The van der Waals surface area contributed by atoms with Gasteiger partial charge in [0.1, 0.15) is 6.61 Å². The number of hydrogen-bond acceptors (Lipinski definition) is 5. The number of benzene rings is 1. The van der Waals surface area contributed by atoms with Gasteiger partial charge in [0.15, 0.2) is 11.5 Å². The summed E-state index contributed by atoms with van der Waals surface area (Å²) in [5.41, 5.74) is 2.58. The van der Waals surface area contributed by atoms with Gasteiger partial charge >= 0.3 is 0 Å². The molecule has 1 aromatic carbocycles. The van der Waals surface area contributed by atoms with Gasteiger partial charge in [0, 0.05) is 37.4 Å². The summed E-state index contributed by atoms with van der Waals surface area (Å²) in [6, 6.07) is 12.8. The third-order valence-electron chi connectivity index (χ3n) is 4.72. The van der Waals surface area contributed by atoms with Crippen LogP contribution in [-0.4, -0.2) is 34.4 Å². The molecule has 150 valence electrons. The van der Waals surface area contributed by atoms with E-state index in [1.165, 1.54) is 0 Å². The molecular weight excluding hydrogens is 366 g/mol. The molecule has 0 bridgehead atoms. The molecule has 0 aliphatic carbocycles. The number of carbonyl (C=O) groups excluding carboxylic acids is 1. The van der Waals surface area contributed by atoms with Crippen LogP contribution < -0.4 is 9.47 Å². The van der Waals surface area contributed by atoms with Gasteiger partial charge in [0.25, 0.3) is 5.91 Å². The monoisotopic (exact) mass is 391 g/mol. The normalized spacial score (nSPS) is 11.6. The second-order valence-electron chi connectivity index (χ2n) is 6.61. The first-order valence-electron chi connectivity index (χ1n) is 9.55. The minimum atomic E-state index is -0.0871. The fraction of sp³-hybridized carbons (Fsp3) is 0.261. The summed E-state index contributed by atoms with van der Waals surface area (Å²) in [7, 11) is 1.79. The first-order chi connectivity index (χ1) is 14.1. The number of nitrogens with zero attached hydrogens (tertiary/aromatic N) is 3. The predicted octanol–water partition coefficient (Wildman–Crippen LogP) is 4.29. The van der Waals surface area contributed by atoms with Gasteiger partial charge in [-0.15, -0.1) is 0 Å². The molecule has 1 atom stereocenters. The number of aromatic nitrogens is 2. The third kappa shape index (κ3) is 5.10. The van der Waals surface area contributed by atoms with Gasteiger partial charge in [-0.25, -0.2) is 0 Å².